The summed E-state index contributed by atoms with van der Waals surface area (Å²) in [5.41, 5.74) is 10.5. The van der Waals surface area contributed by atoms with Gasteiger partial charge in [0, 0.05) is 30.1 Å². The van der Waals surface area contributed by atoms with Crippen LogP contribution in [0.25, 0.3) is 16.8 Å². The predicted molar refractivity (Wildman–Crippen MR) is 127 cm³/mol. The molecular weight excluding hydrogens is 450 g/mol. The summed E-state index contributed by atoms with van der Waals surface area (Å²) in [6, 6.07) is 4.00. The summed E-state index contributed by atoms with van der Waals surface area (Å²) in [7, 11) is 0. The second kappa shape index (κ2) is 9.58. The number of aromatic nitrogens is 6. The molecule has 6 heterocycles. The molecule has 3 N–H and O–H groups in total. The van der Waals surface area contributed by atoms with Crippen LogP contribution in [0.4, 0.5) is 11.6 Å². The molecule has 0 bridgehead atoms. The van der Waals surface area contributed by atoms with Gasteiger partial charge in [-0.05, 0) is 37.0 Å². The number of aliphatic hydroxyl groups excluding tert-OH is 1. The maximum atomic E-state index is 9.55. The minimum absolute atomic E-state index is 0.0533. The second-order valence-corrected chi connectivity index (χ2v) is 8.60. The van der Waals surface area contributed by atoms with E-state index in [9.17, 15) is 5.11 Å². The fourth-order valence-corrected chi connectivity index (χ4v) is 4.30. The third-order valence-corrected chi connectivity index (χ3v) is 6.19. The van der Waals surface area contributed by atoms with E-state index < -0.39 is 0 Å². The number of anilines is 2. The minimum Gasteiger partial charge on any atom is -0.392 e. The number of hydrogen-bond donors (Lipinski definition) is 3. The van der Waals surface area contributed by atoms with Crippen LogP contribution in [0.15, 0.2) is 43.1 Å². The summed E-state index contributed by atoms with van der Waals surface area (Å²) in [4.78, 5) is 9.36. The zero-order chi connectivity index (χ0) is 23.6. The molecule has 12 nitrogen and oxygen atoms in total. The number of hydrazine groups is 2. The zero-order valence-corrected chi connectivity index (χ0v) is 19.2. The van der Waals surface area contributed by atoms with Gasteiger partial charge in [-0.1, -0.05) is 0 Å². The first-order valence-electron chi connectivity index (χ1n) is 11.7. The molecule has 0 aromatic carbocycles. The Hall–Kier alpha value is -3.58. The normalized spacial score (nSPS) is 17.6. The molecule has 0 spiro atoms. The Labute approximate surface area is 201 Å². The van der Waals surface area contributed by atoms with Crippen molar-refractivity contribution in [3.8, 4) is 11.3 Å². The maximum Gasteiger partial charge on any atom is 0.190 e. The van der Waals surface area contributed by atoms with Crippen LogP contribution < -0.4 is 16.0 Å². The third kappa shape index (κ3) is 4.56. The van der Waals surface area contributed by atoms with Gasteiger partial charge in [0.05, 0.1) is 56.1 Å². The molecule has 0 aliphatic carbocycles. The average molecular weight is 478 g/mol. The molecule has 1 fully saturated rings. The molecule has 6 rings (SSSR count). The second-order valence-electron chi connectivity index (χ2n) is 8.60. The number of hydrogen-bond acceptors (Lipinski definition) is 10. The highest BCUT2D eigenvalue weighted by molar-refractivity contribution is 5.69. The number of aliphatic hydroxyl groups is 1. The molecule has 0 saturated carbocycles. The lowest BCUT2D eigenvalue weighted by molar-refractivity contribution is -0.163. The largest absolute Gasteiger partial charge is 0.392 e. The molecule has 0 amide bonds. The maximum absolute atomic E-state index is 9.55. The molecule has 1 saturated heterocycles. The Morgan fingerprint density at radius 1 is 1.20 bits per heavy atom. The monoisotopic (exact) mass is 477 g/mol. The fraction of sp³-hybridized carbons (Fsp3) is 0.391. The lowest BCUT2D eigenvalue weighted by Gasteiger charge is -2.22. The lowest BCUT2D eigenvalue weighted by Crippen LogP contribution is -2.35. The standard InChI is InChI=1S/C23H27N9O3/c33-15-18-11-26-31-5-4-16(9-20(18)31)13-32-23-22(28-29-32)24-12-19(27-23)17-10-25-30(14-17)6-8-35-21-3-1-2-7-34-21/h4-5,9-12,14,21,29,33H,1-3,6-8,13,15H2,(H,24,28). The molecule has 12 heteroatoms. The molecule has 0 radical (unpaired) electrons. The van der Waals surface area contributed by atoms with Gasteiger partial charge in [-0.2, -0.15) is 10.2 Å². The molecular formula is C23H27N9O3. The van der Waals surface area contributed by atoms with Crippen LogP contribution >= 0.6 is 0 Å². The summed E-state index contributed by atoms with van der Waals surface area (Å²) >= 11 is 0. The van der Waals surface area contributed by atoms with Crippen molar-refractivity contribution in [2.75, 3.05) is 23.6 Å². The summed E-state index contributed by atoms with van der Waals surface area (Å²) in [5.74, 6) is 1.35. The van der Waals surface area contributed by atoms with Crippen molar-refractivity contribution in [1.29, 1.82) is 0 Å². The summed E-state index contributed by atoms with van der Waals surface area (Å²) < 4.78 is 15.0. The van der Waals surface area contributed by atoms with Gasteiger partial charge in [0.2, 0.25) is 0 Å². The molecule has 4 aromatic rings. The van der Waals surface area contributed by atoms with Crippen LogP contribution in [0.5, 0.6) is 0 Å². The van der Waals surface area contributed by atoms with Gasteiger partial charge in [0.15, 0.2) is 17.9 Å². The summed E-state index contributed by atoms with van der Waals surface area (Å²) in [6.07, 6.45) is 12.1. The van der Waals surface area contributed by atoms with Gasteiger partial charge in [0.1, 0.15) is 0 Å². The van der Waals surface area contributed by atoms with E-state index in [1.165, 1.54) is 0 Å². The molecule has 4 aromatic heterocycles. The molecule has 1 atom stereocenters. The van der Waals surface area contributed by atoms with E-state index in [1.807, 2.05) is 34.2 Å². The highest BCUT2D eigenvalue weighted by atomic mass is 16.7. The fourth-order valence-electron chi connectivity index (χ4n) is 4.30. The van der Waals surface area contributed by atoms with Crippen molar-refractivity contribution < 1.29 is 14.6 Å². The number of rotatable bonds is 8. The molecule has 35 heavy (non-hydrogen) atoms. The van der Waals surface area contributed by atoms with Crippen LogP contribution in [-0.2, 0) is 29.2 Å². The molecule has 2 aliphatic rings. The van der Waals surface area contributed by atoms with Crippen LogP contribution in [0.3, 0.4) is 0 Å². The van der Waals surface area contributed by atoms with E-state index in [4.69, 9.17) is 14.5 Å². The Balaban J connectivity index is 1.14. The number of nitrogens with zero attached hydrogens (tertiary/aromatic N) is 7. The van der Waals surface area contributed by atoms with Gasteiger partial charge in [0.25, 0.3) is 0 Å². The first-order valence-corrected chi connectivity index (χ1v) is 11.7. The Morgan fingerprint density at radius 2 is 2.17 bits per heavy atom. The van der Waals surface area contributed by atoms with E-state index in [2.05, 4.69) is 26.1 Å². The average Bonchev–Trinajstić information content (AvgIpc) is 3.63. The van der Waals surface area contributed by atoms with E-state index in [-0.39, 0.29) is 12.9 Å². The highest BCUT2D eigenvalue weighted by Gasteiger charge is 2.23. The van der Waals surface area contributed by atoms with Crippen molar-refractivity contribution >= 4 is 17.2 Å². The number of fused-ring (bicyclic) bond motifs is 2. The zero-order valence-electron chi connectivity index (χ0n) is 19.2. The number of nitrogens with one attached hydrogen (secondary N) is 2. The Morgan fingerprint density at radius 3 is 3.06 bits per heavy atom. The summed E-state index contributed by atoms with van der Waals surface area (Å²) in [6.45, 7) is 2.45. The topological polar surface area (TPSA) is 127 Å². The van der Waals surface area contributed by atoms with Crippen molar-refractivity contribution in [2.24, 2.45) is 0 Å². The minimum atomic E-state index is -0.0998. The van der Waals surface area contributed by atoms with Crippen molar-refractivity contribution in [3.63, 3.8) is 0 Å². The van der Waals surface area contributed by atoms with E-state index in [1.54, 1.807) is 23.1 Å². The Bertz CT molecular complexity index is 1310. The first kappa shape index (κ1) is 21.9. The smallest absolute Gasteiger partial charge is 0.190 e. The van der Waals surface area contributed by atoms with Gasteiger partial charge < -0.3 is 14.6 Å². The van der Waals surface area contributed by atoms with E-state index in [0.29, 0.717) is 31.3 Å². The van der Waals surface area contributed by atoms with Crippen molar-refractivity contribution in [2.45, 2.75) is 45.2 Å². The van der Waals surface area contributed by atoms with Crippen LogP contribution in [0, 0.1) is 0 Å². The summed E-state index contributed by atoms with van der Waals surface area (Å²) in [5, 5.41) is 20.2. The van der Waals surface area contributed by atoms with Gasteiger partial charge >= 0.3 is 0 Å². The van der Waals surface area contributed by atoms with Gasteiger partial charge in [-0.15, -0.1) is 5.53 Å². The van der Waals surface area contributed by atoms with E-state index >= 15 is 0 Å². The van der Waals surface area contributed by atoms with Crippen molar-refractivity contribution in [3.05, 3.63) is 54.2 Å². The van der Waals surface area contributed by atoms with Crippen LogP contribution in [0.2, 0.25) is 0 Å². The molecule has 1 unspecified atom stereocenters. The SMILES string of the molecule is OCc1cnn2ccc(CN3NNc4ncc(-c5cnn(CCOC6CCCCO6)c5)nc43)cc12. The molecule has 2 aliphatic heterocycles. The highest BCUT2D eigenvalue weighted by Crippen LogP contribution is 2.29. The van der Waals surface area contributed by atoms with Crippen LogP contribution in [0.1, 0.15) is 30.4 Å². The van der Waals surface area contributed by atoms with Gasteiger partial charge in [-0.25, -0.2) is 14.5 Å². The number of ether oxygens (including phenoxy) is 2. The van der Waals surface area contributed by atoms with Crippen molar-refractivity contribution in [1.82, 2.24) is 34.9 Å². The quantitative estimate of drug-likeness (QED) is 0.346. The lowest BCUT2D eigenvalue weighted by atomic mass is 10.2. The predicted octanol–water partition coefficient (Wildman–Crippen LogP) is 1.87. The first-order chi connectivity index (χ1) is 17.3. The van der Waals surface area contributed by atoms with Gasteiger partial charge in [-0.3, -0.25) is 15.1 Å². The third-order valence-electron chi connectivity index (χ3n) is 6.19. The van der Waals surface area contributed by atoms with E-state index in [0.717, 1.165) is 53.8 Å². The van der Waals surface area contributed by atoms with Crippen LogP contribution in [-0.4, -0.2) is 54.0 Å². The molecule has 182 valence electrons. The Kier molecular flexibility index (Phi) is 6.00. The number of pyridine rings is 1.